The van der Waals surface area contributed by atoms with E-state index < -0.39 is 39.8 Å². The highest BCUT2D eigenvalue weighted by molar-refractivity contribution is 6.90. The van der Waals surface area contributed by atoms with E-state index in [1.807, 2.05) is 0 Å². The van der Waals surface area contributed by atoms with Crippen molar-refractivity contribution in [2.24, 2.45) is 0 Å². The highest BCUT2D eigenvalue weighted by Crippen LogP contribution is 2.29. The summed E-state index contributed by atoms with van der Waals surface area (Å²) in [6.45, 7) is 23.7. The topological polar surface area (TPSA) is 66.0 Å². The molecule has 0 aliphatic rings. The molecule has 0 atom stereocenters. The second-order valence-corrected chi connectivity index (χ2v) is 26.2. The molecule has 0 rings (SSSR count). The predicted octanol–water partition coefficient (Wildman–Crippen LogP) is 4.78. The van der Waals surface area contributed by atoms with Crippen LogP contribution in [-0.4, -0.2) is 53.0 Å². The molecule has 0 fully saturated rings. The van der Waals surface area contributed by atoms with Crippen LogP contribution in [0.15, 0.2) is 12.7 Å². The van der Waals surface area contributed by atoms with Gasteiger partial charge in [0.15, 0.2) is 25.0 Å². The van der Waals surface area contributed by atoms with Crippen LogP contribution in [-0.2, 0) is 17.1 Å². The highest BCUT2D eigenvalue weighted by atomic mass is 28.5. The Morgan fingerprint density at radius 3 is 1.65 bits per heavy atom. The highest BCUT2D eigenvalue weighted by Gasteiger charge is 2.49. The van der Waals surface area contributed by atoms with Crippen molar-refractivity contribution in [3.05, 3.63) is 12.7 Å². The van der Waals surface area contributed by atoms with Gasteiger partial charge in [-0.1, -0.05) is 6.08 Å². The van der Waals surface area contributed by atoms with E-state index in [-0.39, 0.29) is 0 Å². The Morgan fingerprint density at radius 1 is 0.885 bits per heavy atom. The van der Waals surface area contributed by atoms with Gasteiger partial charge in [0.25, 0.3) is 0 Å². The number of amides is 1. The van der Waals surface area contributed by atoms with Gasteiger partial charge in [0.1, 0.15) is 0 Å². The molecule has 1 amide bonds. The molecule has 0 spiro atoms. The van der Waals surface area contributed by atoms with Gasteiger partial charge in [-0.2, -0.15) is 0 Å². The molecular weight excluding hydrogens is 399 g/mol. The number of carbonyl (C=O) groups excluding carboxylic acids is 1. The lowest BCUT2D eigenvalue weighted by molar-refractivity contribution is 0.145. The quantitative estimate of drug-likeness (QED) is 0.270. The Hall–Kier alpha value is -0.242. The van der Waals surface area contributed by atoms with Gasteiger partial charge in [-0.3, -0.25) is 0 Å². The van der Waals surface area contributed by atoms with E-state index in [1.165, 1.54) is 0 Å². The van der Waals surface area contributed by atoms with Crippen LogP contribution in [0.1, 0.15) is 6.42 Å². The number of carbonyl (C=O) groups is 1. The molecule has 0 heterocycles. The lowest BCUT2D eigenvalue weighted by Gasteiger charge is -2.42. The molecule has 0 saturated heterocycles. The van der Waals surface area contributed by atoms with Gasteiger partial charge in [0.05, 0.1) is 6.61 Å². The lowest BCUT2D eigenvalue weighted by Crippen LogP contribution is -2.60. The Labute approximate surface area is 164 Å². The van der Waals surface area contributed by atoms with Gasteiger partial charge in [-0.05, 0) is 65.3 Å². The molecule has 154 valence electrons. The summed E-state index contributed by atoms with van der Waals surface area (Å²) >= 11 is 0. The minimum atomic E-state index is -2.84. The fourth-order valence-corrected chi connectivity index (χ4v) is 16.9. The second kappa shape index (κ2) is 10.3. The molecular formula is C16H39NO5Si4. The summed E-state index contributed by atoms with van der Waals surface area (Å²) in [5, 5.41) is 2.60. The third kappa shape index (κ3) is 13.9. The van der Waals surface area contributed by atoms with Crippen LogP contribution in [0.5, 0.6) is 0 Å². The van der Waals surface area contributed by atoms with Crippen molar-refractivity contribution in [1.82, 2.24) is 5.32 Å². The molecule has 26 heavy (non-hydrogen) atoms. The number of rotatable bonds is 12. The van der Waals surface area contributed by atoms with Crippen LogP contribution in [0.25, 0.3) is 0 Å². The van der Waals surface area contributed by atoms with Crippen molar-refractivity contribution >= 4 is 39.8 Å². The van der Waals surface area contributed by atoms with Crippen molar-refractivity contribution in [3.63, 3.8) is 0 Å². The number of hydrogen-bond acceptors (Lipinski definition) is 5. The molecule has 0 aliphatic heterocycles. The van der Waals surface area contributed by atoms with Crippen molar-refractivity contribution in [2.45, 2.75) is 71.4 Å². The van der Waals surface area contributed by atoms with E-state index >= 15 is 0 Å². The minimum absolute atomic E-state index is 0.316. The monoisotopic (exact) mass is 437 g/mol. The average molecular weight is 438 g/mol. The van der Waals surface area contributed by atoms with E-state index in [2.05, 4.69) is 70.8 Å². The minimum Gasteiger partial charge on any atom is -0.450 e. The van der Waals surface area contributed by atoms with Gasteiger partial charge < -0.3 is 22.4 Å². The second-order valence-electron chi connectivity index (χ2n) is 9.24. The van der Waals surface area contributed by atoms with Gasteiger partial charge in [-0.15, -0.1) is 6.58 Å². The standard InChI is InChI=1S/C16H39NO5Si4/c1-11-13-17-16(18)19-14-12-15-26(20-23(2,3)4,21-24(5,6)7)22-25(8,9)10/h11H,1,12-15H2,2-10H3,(H,17,18). The first-order chi connectivity index (χ1) is 11.6. The first kappa shape index (κ1) is 25.8. The van der Waals surface area contributed by atoms with E-state index in [0.717, 1.165) is 0 Å². The van der Waals surface area contributed by atoms with Crippen molar-refractivity contribution in [2.75, 3.05) is 13.2 Å². The molecule has 0 radical (unpaired) electrons. The van der Waals surface area contributed by atoms with Crippen LogP contribution >= 0.6 is 0 Å². The van der Waals surface area contributed by atoms with Gasteiger partial charge >= 0.3 is 14.9 Å². The maximum absolute atomic E-state index is 11.6. The van der Waals surface area contributed by atoms with Gasteiger partial charge in [0, 0.05) is 12.6 Å². The maximum Gasteiger partial charge on any atom is 0.469 e. The number of ether oxygens (including phenoxy) is 1. The molecule has 1 N–H and O–H groups in total. The zero-order chi connectivity index (χ0) is 20.6. The molecule has 0 bridgehead atoms. The smallest absolute Gasteiger partial charge is 0.450 e. The third-order valence-electron chi connectivity index (χ3n) is 2.64. The van der Waals surface area contributed by atoms with E-state index in [4.69, 9.17) is 17.1 Å². The summed E-state index contributed by atoms with van der Waals surface area (Å²) in [5.41, 5.74) is 0. The Kier molecular flexibility index (Phi) is 10.2. The lowest BCUT2D eigenvalue weighted by atomic mass is 10.5. The summed E-state index contributed by atoms with van der Waals surface area (Å²) in [7, 11) is -8.44. The summed E-state index contributed by atoms with van der Waals surface area (Å²) < 4.78 is 25.0. The summed E-state index contributed by atoms with van der Waals surface area (Å²) in [6.07, 6.45) is 1.85. The first-order valence-electron chi connectivity index (χ1n) is 9.20. The van der Waals surface area contributed by atoms with Crippen LogP contribution < -0.4 is 5.32 Å². The van der Waals surface area contributed by atoms with Crippen molar-refractivity contribution < 1.29 is 21.9 Å². The van der Waals surface area contributed by atoms with Crippen molar-refractivity contribution in [3.8, 4) is 0 Å². The summed E-state index contributed by atoms with van der Waals surface area (Å²) in [5.74, 6) is 0. The predicted molar refractivity (Wildman–Crippen MR) is 118 cm³/mol. The molecule has 10 heteroatoms. The molecule has 0 aromatic heterocycles. The third-order valence-corrected chi connectivity index (χ3v) is 14.7. The molecule has 0 unspecified atom stereocenters. The number of hydrogen-bond donors (Lipinski definition) is 1. The number of nitrogens with one attached hydrogen (secondary N) is 1. The van der Waals surface area contributed by atoms with Gasteiger partial charge in [-0.25, -0.2) is 4.79 Å². The molecule has 0 aromatic carbocycles. The van der Waals surface area contributed by atoms with E-state index in [0.29, 0.717) is 25.6 Å². The number of alkyl carbamates (subject to hydrolysis) is 1. The first-order valence-corrected chi connectivity index (χ1v) is 21.4. The maximum atomic E-state index is 11.6. The average Bonchev–Trinajstić information content (AvgIpc) is 2.35. The van der Waals surface area contributed by atoms with Crippen molar-refractivity contribution in [1.29, 1.82) is 0 Å². The molecule has 0 aliphatic carbocycles. The largest absolute Gasteiger partial charge is 0.469 e. The van der Waals surface area contributed by atoms with Gasteiger partial charge in [0.2, 0.25) is 0 Å². The fourth-order valence-electron chi connectivity index (χ4n) is 2.28. The Balaban J connectivity index is 5.14. The van der Waals surface area contributed by atoms with Crippen LogP contribution in [0.2, 0.25) is 65.0 Å². The molecule has 0 saturated carbocycles. The van der Waals surface area contributed by atoms with E-state index in [1.54, 1.807) is 6.08 Å². The summed E-state index contributed by atoms with van der Waals surface area (Å²) in [4.78, 5) is 11.6. The molecule has 6 nitrogen and oxygen atoms in total. The van der Waals surface area contributed by atoms with Crippen LogP contribution in [0, 0.1) is 0 Å². The normalized spacial score (nSPS) is 13.4. The Morgan fingerprint density at radius 2 is 1.31 bits per heavy atom. The molecule has 0 aromatic rings. The van der Waals surface area contributed by atoms with Crippen LogP contribution in [0.3, 0.4) is 0 Å². The SMILES string of the molecule is C=CCNC(=O)OCCC[Si](O[Si](C)(C)C)(O[Si](C)(C)C)O[Si](C)(C)C. The zero-order valence-corrected chi connectivity index (χ0v) is 22.2. The summed E-state index contributed by atoms with van der Waals surface area (Å²) in [6, 6.07) is 0.667. The van der Waals surface area contributed by atoms with E-state index in [9.17, 15) is 4.79 Å². The zero-order valence-electron chi connectivity index (χ0n) is 18.2. The fraction of sp³-hybridized carbons (Fsp3) is 0.812. The Bertz CT molecular complexity index is 414. The van der Waals surface area contributed by atoms with Crippen LogP contribution in [0.4, 0.5) is 4.79 Å².